The summed E-state index contributed by atoms with van der Waals surface area (Å²) in [5.74, 6) is -0.239. The topological polar surface area (TPSA) is 63.4 Å². The minimum absolute atomic E-state index is 0.214. The van der Waals surface area contributed by atoms with E-state index in [1.807, 2.05) is 24.3 Å². The van der Waals surface area contributed by atoms with Crippen LogP contribution in [-0.2, 0) is 4.74 Å². The Bertz CT molecular complexity index is 889. The number of nitrogens with one attached hydrogen (secondary N) is 2. The third-order valence-corrected chi connectivity index (χ3v) is 3.59. The minimum atomic E-state index is -0.513. The van der Waals surface area contributed by atoms with E-state index in [4.69, 9.17) is 9.47 Å². The van der Waals surface area contributed by atoms with Crippen LogP contribution in [0.1, 0.15) is 17.4 Å². The lowest BCUT2D eigenvalue weighted by atomic mass is 10.2. The Kier molecular flexibility index (Phi) is 4.37. The first kappa shape index (κ1) is 15.9. The molecule has 0 aliphatic carbocycles. The molecule has 1 aromatic heterocycles. The standard InChI is InChI=1S/C18H17FN2O3/c1-3-24-18(22)16-10-13-15(8-7-14(19)17(13)21-16)20-11-5-4-6-12(9-11)23-2/h4-10,20-21H,3H2,1-2H3. The minimum Gasteiger partial charge on any atom is -0.497 e. The van der Waals surface area contributed by atoms with Crippen molar-refractivity contribution >= 4 is 28.2 Å². The number of hydrogen-bond acceptors (Lipinski definition) is 4. The van der Waals surface area contributed by atoms with Crippen LogP contribution in [0, 0.1) is 5.82 Å². The molecule has 6 heteroatoms. The zero-order chi connectivity index (χ0) is 17.1. The van der Waals surface area contributed by atoms with E-state index in [-0.39, 0.29) is 17.8 Å². The maximum absolute atomic E-state index is 14.1. The second-order valence-corrected chi connectivity index (χ2v) is 5.14. The molecule has 124 valence electrons. The number of esters is 1. The van der Waals surface area contributed by atoms with E-state index < -0.39 is 11.8 Å². The summed E-state index contributed by atoms with van der Waals surface area (Å²) in [5.41, 5.74) is 1.93. The van der Waals surface area contributed by atoms with Crippen molar-refractivity contribution in [3.63, 3.8) is 0 Å². The number of rotatable bonds is 5. The average molecular weight is 328 g/mol. The molecule has 0 atom stereocenters. The molecule has 3 aromatic rings. The van der Waals surface area contributed by atoms with Crippen LogP contribution in [0.3, 0.4) is 0 Å². The smallest absolute Gasteiger partial charge is 0.354 e. The number of H-pyrrole nitrogens is 1. The number of aromatic nitrogens is 1. The van der Waals surface area contributed by atoms with Crippen LogP contribution in [-0.4, -0.2) is 24.7 Å². The van der Waals surface area contributed by atoms with Crippen molar-refractivity contribution in [2.24, 2.45) is 0 Å². The second kappa shape index (κ2) is 6.62. The molecule has 0 radical (unpaired) electrons. The summed E-state index contributed by atoms with van der Waals surface area (Å²) < 4.78 is 24.2. The highest BCUT2D eigenvalue weighted by atomic mass is 19.1. The van der Waals surface area contributed by atoms with Gasteiger partial charge >= 0.3 is 5.97 Å². The maximum atomic E-state index is 14.1. The Balaban J connectivity index is 2.01. The highest BCUT2D eigenvalue weighted by Gasteiger charge is 2.15. The van der Waals surface area contributed by atoms with E-state index in [0.717, 1.165) is 5.69 Å². The van der Waals surface area contributed by atoms with Gasteiger partial charge in [-0.15, -0.1) is 0 Å². The number of methoxy groups -OCH3 is 1. The van der Waals surface area contributed by atoms with Crippen molar-refractivity contribution in [3.8, 4) is 5.75 Å². The summed E-state index contributed by atoms with van der Waals surface area (Å²) in [7, 11) is 1.59. The average Bonchev–Trinajstić information content (AvgIpc) is 3.04. The summed E-state index contributed by atoms with van der Waals surface area (Å²) in [5, 5.41) is 3.78. The van der Waals surface area contributed by atoms with Crippen LogP contribution in [0.5, 0.6) is 5.75 Å². The van der Waals surface area contributed by atoms with E-state index >= 15 is 0 Å². The highest BCUT2D eigenvalue weighted by molar-refractivity contribution is 6.00. The van der Waals surface area contributed by atoms with Crippen molar-refractivity contribution in [3.05, 3.63) is 54.0 Å². The van der Waals surface area contributed by atoms with Crippen LogP contribution in [0.2, 0.25) is 0 Å². The molecule has 3 rings (SSSR count). The van der Waals surface area contributed by atoms with Gasteiger partial charge in [0.15, 0.2) is 0 Å². The quantitative estimate of drug-likeness (QED) is 0.688. The molecule has 0 amide bonds. The lowest BCUT2D eigenvalue weighted by Crippen LogP contribution is -2.04. The maximum Gasteiger partial charge on any atom is 0.354 e. The number of carbonyl (C=O) groups excluding carboxylic acids is 1. The lowest BCUT2D eigenvalue weighted by Gasteiger charge is -2.09. The molecule has 2 aromatic carbocycles. The van der Waals surface area contributed by atoms with Crippen LogP contribution in [0.15, 0.2) is 42.5 Å². The van der Waals surface area contributed by atoms with Gasteiger partial charge in [-0.2, -0.15) is 0 Å². The molecule has 0 fully saturated rings. The van der Waals surface area contributed by atoms with Gasteiger partial charge in [0, 0.05) is 22.8 Å². The molecular formula is C18H17FN2O3. The van der Waals surface area contributed by atoms with Gasteiger partial charge in [-0.3, -0.25) is 0 Å². The Hall–Kier alpha value is -3.02. The van der Waals surface area contributed by atoms with E-state index in [9.17, 15) is 9.18 Å². The van der Waals surface area contributed by atoms with Crippen molar-refractivity contribution in [1.29, 1.82) is 0 Å². The third kappa shape index (κ3) is 3.03. The summed E-state index contributed by atoms with van der Waals surface area (Å²) in [6.07, 6.45) is 0. The fourth-order valence-corrected chi connectivity index (χ4v) is 2.47. The summed E-state index contributed by atoms with van der Waals surface area (Å²) in [6.45, 7) is 1.97. The molecule has 0 spiro atoms. The number of aromatic amines is 1. The molecule has 24 heavy (non-hydrogen) atoms. The molecule has 0 saturated heterocycles. The van der Waals surface area contributed by atoms with Gasteiger partial charge in [-0.25, -0.2) is 9.18 Å². The van der Waals surface area contributed by atoms with E-state index in [1.54, 1.807) is 26.2 Å². The molecule has 1 heterocycles. The molecule has 2 N–H and O–H groups in total. The monoisotopic (exact) mass is 328 g/mol. The summed E-state index contributed by atoms with van der Waals surface area (Å²) in [6, 6.07) is 11.9. The highest BCUT2D eigenvalue weighted by Crippen LogP contribution is 2.30. The normalized spacial score (nSPS) is 10.6. The van der Waals surface area contributed by atoms with Gasteiger partial charge in [0.2, 0.25) is 0 Å². The number of ether oxygens (including phenoxy) is 2. The van der Waals surface area contributed by atoms with Crippen LogP contribution in [0.25, 0.3) is 10.9 Å². The van der Waals surface area contributed by atoms with Crippen molar-refractivity contribution in [2.45, 2.75) is 6.92 Å². The first-order chi connectivity index (χ1) is 11.6. The molecule has 0 unspecified atom stereocenters. The summed E-state index contributed by atoms with van der Waals surface area (Å²) >= 11 is 0. The Labute approximate surface area is 138 Å². The van der Waals surface area contributed by atoms with Crippen LogP contribution < -0.4 is 10.1 Å². The largest absolute Gasteiger partial charge is 0.497 e. The predicted molar refractivity (Wildman–Crippen MR) is 90.5 cm³/mol. The number of hydrogen-bond donors (Lipinski definition) is 2. The van der Waals surface area contributed by atoms with E-state index in [0.29, 0.717) is 16.8 Å². The van der Waals surface area contributed by atoms with E-state index in [2.05, 4.69) is 10.3 Å². The Morgan fingerprint density at radius 3 is 2.83 bits per heavy atom. The summed E-state index contributed by atoms with van der Waals surface area (Å²) in [4.78, 5) is 14.6. The molecular weight excluding hydrogens is 311 g/mol. The fraction of sp³-hybridized carbons (Fsp3) is 0.167. The fourth-order valence-electron chi connectivity index (χ4n) is 2.47. The number of carbonyl (C=O) groups is 1. The van der Waals surface area contributed by atoms with Gasteiger partial charge in [-0.05, 0) is 37.3 Å². The third-order valence-electron chi connectivity index (χ3n) is 3.59. The second-order valence-electron chi connectivity index (χ2n) is 5.14. The zero-order valence-corrected chi connectivity index (χ0v) is 13.4. The lowest BCUT2D eigenvalue weighted by molar-refractivity contribution is 0.0520. The molecule has 0 bridgehead atoms. The Morgan fingerprint density at radius 1 is 1.25 bits per heavy atom. The van der Waals surface area contributed by atoms with Gasteiger partial charge in [-0.1, -0.05) is 6.07 Å². The first-order valence-electron chi connectivity index (χ1n) is 7.51. The first-order valence-corrected chi connectivity index (χ1v) is 7.51. The Morgan fingerprint density at radius 2 is 2.08 bits per heavy atom. The number of halogens is 1. The molecule has 0 aliphatic rings. The zero-order valence-electron chi connectivity index (χ0n) is 13.4. The van der Waals surface area contributed by atoms with Crippen molar-refractivity contribution in [1.82, 2.24) is 4.98 Å². The number of anilines is 2. The number of fused-ring (bicyclic) bond motifs is 1. The van der Waals surface area contributed by atoms with Crippen LogP contribution in [0.4, 0.5) is 15.8 Å². The van der Waals surface area contributed by atoms with Crippen molar-refractivity contribution < 1.29 is 18.7 Å². The SMILES string of the molecule is CCOC(=O)c1cc2c(Nc3cccc(OC)c3)ccc(F)c2[nH]1. The van der Waals surface area contributed by atoms with Gasteiger partial charge in [0.25, 0.3) is 0 Å². The van der Waals surface area contributed by atoms with Gasteiger partial charge in [0.1, 0.15) is 17.3 Å². The van der Waals surface area contributed by atoms with Crippen LogP contribution >= 0.6 is 0 Å². The molecule has 5 nitrogen and oxygen atoms in total. The van der Waals surface area contributed by atoms with Gasteiger partial charge < -0.3 is 19.8 Å². The predicted octanol–water partition coefficient (Wildman–Crippen LogP) is 4.24. The molecule has 0 aliphatic heterocycles. The molecule has 0 saturated carbocycles. The van der Waals surface area contributed by atoms with E-state index in [1.165, 1.54) is 6.07 Å². The van der Waals surface area contributed by atoms with Crippen molar-refractivity contribution in [2.75, 3.05) is 19.0 Å². The van der Waals surface area contributed by atoms with Gasteiger partial charge in [0.05, 0.1) is 19.2 Å². The number of benzene rings is 2.